The zero-order chi connectivity index (χ0) is 26.3. The van der Waals surface area contributed by atoms with Crippen LogP contribution >= 0.6 is 0 Å². The Kier molecular flexibility index (Phi) is 6.80. The van der Waals surface area contributed by atoms with E-state index >= 15 is 0 Å². The molecule has 1 aromatic carbocycles. The van der Waals surface area contributed by atoms with Crippen molar-refractivity contribution >= 4 is 29.8 Å². The summed E-state index contributed by atoms with van der Waals surface area (Å²) in [6, 6.07) is 5.82. The summed E-state index contributed by atoms with van der Waals surface area (Å²) in [4.78, 5) is 50.9. The Hall–Kier alpha value is -3.30. The van der Waals surface area contributed by atoms with Gasteiger partial charge in [0.25, 0.3) is 0 Å². The van der Waals surface area contributed by atoms with Gasteiger partial charge in [0.15, 0.2) is 5.54 Å². The summed E-state index contributed by atoms with van der Waals surface area (Å²) in [6.07, 6.45) is -0.383. The van der Waals surface area contributed by atoms with Crippen molar-refractivity contribution in [1.29, 1.82) is 0 Å². The first-order valence-electron chi connectivity index (χ1n) is 11.9. The van der Waals surface area contributed by atoms with E-state index in [9.17, 15) is 29.4 Å². The van der Waals surface area contributed by atoms with Crippen LogP contribution in [0.4, 0.5) is 15.3 Å². The number of ether oxygens (including phenoxy) is 1. The summed E-state index contributed by atoms with van der Waals surface area (Å²) in [5.41, 5.74) is -2.55. The normalized spacial score (nSPS) is 28.4. The van der Waals surface area contributed by atoms with Crippen LogP contribution in [0.2, 0.25) is 0 Å². The van der Waals surface area contributed by atoms with E-state index < -0.39 is 64.4 Å². The summed E-state index contributed by atoms with van der Waals surface area (Å²) in [5, 5.41) is 28.7. The van der Waals surface area contributed by atoms with Gasteiger partial charge in [0.2, 0.25) is 0 Å². The molecule has 192 valence electrons. The van der Waals surface area contributed by atoms with Gasteiger partial charge >= 0.3 is 24.1 Å². The Balaban J connectivity index is 2.03. The molecule has 3 rings (SSSR count). The number of hydrogen-bond acceptors (Lipinski definition) is 5. The van der Waals surface area contributed by atoms with Gasteiger partial charge in [-0.15, -0.1) is 0 Å². The minimum atomic E-state index is -1.94. The molecule has 3 amide bonds. The molecule has 1 aromatic rings. The summed E-state index contributed by atoms with van der Waals surface area (Å²) in [5.74, 6) is -5.11. The Bertz CT molecular complexity index is 1030. The van der Waals surface area contributed by atoms with E-state index in [2.05, 4.69) is 16.0 Å². The molecule has 0 saturated heterocycles. The first-order valence-corrected chi connectivity index (χ1v) is 11.9. The number of carbonyl (C=O) groups is 4. The van der Waals surface area contributed by atoms with Crippen LogP contribution in [-0.4, -0.2) is 51.5 Å². The van der Waals surface area contributed by atoms with Gasteiger partial charge in [0.05, 0.1) is 5.92 Å². The number of fused-ring (bicyclic) bond motifs is 1. The average Bonchev–Trinajstić information content (AvgIpc) is 3.44. The minimum absolute atomic E-state index is 0.278. The average molecular weight is 490 g/mol. The van der Waals surface area contributed by atoms with Gasteiger partial charge in [-0.05, 0) is 58.1 Å². The fourth-order valence-corrected chi connectivity index (χ4v) is 6.15. The monoisotopic (exact) mass is 489 g/mol. The highest BCUT2D eigenvalue weighted by atomic mass is 16.6. The molecule has 35 heavy (non-hydrogen) atoms. The first kappa shape index (κ1) is 26.3. The van der Waals surface area contributed by atoms with Gasteiger partial charge in [-0.2, -0.15) is 0 Å². The molecule has 2 aliphatic rings. The maximum absolute atomic E-state index is 13.0. The van der Waals surface area contributed by atoms with Crippen molar-refractivity contribution in [3.8, 4) is 0 Å². The number of carbonyl (C=O) groups excluding carboxylic acids is 2. The molecule has 5 N–H and O–H groups in total. The molecule has 0 radical (unpaired) electrons. The van der Waals surface area contributed by atoms with E-state index in [0.717, 1.165) is 5.56 Å². The van der Waals surface area contributed by atoms with Crippen LogP contribution in [0.5, 0.6) is 0 Å². The van der Waals surface area contributed by atoms with Crippen LogP contribution in [-0.2, 0) is 14.3 Å². The van der Waals surface area contributed by atoms with Crippen molar-refractivity contribution in [1.82, 2.24) is 10.6 Å². The van der Waals surface area contributed by atoms with Crippen molar-refractivity contribution in [2.24, 2.45) is 23.2 Å². The largest absolute Gasteiger partial charge is 0.481 e. The highest BCUT2D eigenvalue weighted by Gasteiger charge is 2.84. The van der Waals surface area contributed by atoms with Crippen molar-refractivity contribution in [2.75, 3.05) is 5.32 Å². The molecule has 5 atom stereocenters. The van der Waals surface area contributed by atoms with Crippen LogP contribution in [0.15, 0.2) is 24.3 Å². The standard InChI is InChI=1S/C25H35N3O7/c1-7-24(8-2)18(27-21(33)26-14-12-10-9-11-13(14)3)15-16(19(29)30)17(15)25(24,20(31)32)28-22(34)35-23(4,5)6/h9-12,15-18H,7-8H2,1-6H3,(H,28,34)(H,29,30)(H,31,32)(H2,26,27,33). The van der Waals surface area contributed by atoms with Crippen LogP contribution < -0.4 is 16.0 Å². The van der Waals surface area contributed by atoms with Crippen LogP contribution in [0.3, 0.4) is 0 Å². The lowest BCUT2D eigenvalue weighted by molar-refractivity contribution is -0.155. The molecule has 10 nitrogen and oxygen atoms in total. The van der Waals surface area contributed by atoms with Gasteiger partial charge < -0.3 is 30.9 Å². The van der Waals surface area contributed by atoms with E-state index in [-0.39, 0.29) is 12.8 Å². The lowest BCUT2D eigenvalue weighted by Crippen LogP contribution is -2.69. The van der Waals surface area contributed by atoms with E-state index in [0.29, 0.717) is 5.69 Å². The number of aryl methyl sites for hydroxylation is 1. The van der Waals surface area contributed by atoms with Gasteiger partial charge in [-0.3, -0.25) is 4.79 Å². The van der Waals surface area contributed by atoms with Gasteiger partial charge in [-0.1, -0.05) is 32.0 Å². The topological polar surface area (TPSA) is 154 Å². The smallest absolute Gasteiger partial charge is 0.408 e. The molecule has 10 heteroatoms. The summed E-state index contributed by atoms with van der Waals surface area (Å²) >= 11 is 0. The third kappa shape index (κ3) is 4.30. The Morgan fingerprint density at radius 3 is 2.14 bits per heavy atom. The van der Waals surface area contributed by atoms with Crippen LogP contribution in [0, 0.1) is 30.1 Å². The second-order valence-electron chi connectivity index (χ2n) is 10.5. The quantitative estimate of drug-likeness (QED) is 0.392. The predicted octanol–water partition coefficient (Wildman–Crippen LogP) is 3.60. The fraction of sp³-hybridized carbons (Fsp3) is 0.600. The summed E-state index contributed by atoms with van der Waals surface area (Å²) in [6.45, 7) is 10.4. The first-order chi connectivity index (χ1) is 16.3. The second-order valence-corrected chi connectivity index (χ2v) is 10.5. The summed E-state index contributed by atoms with van der Waals surface area (Å²) in [7, 11) is 0. The lowest BCUT2D eigenvalue weighted by Gasteiger charge is -2.48. The summed E-state index contributed by atoms with van der Waals surface area (Å²) < 4.78 is 5.37. The molecule has 2 fully saturated rings. The number of rotatable bonds is 7. The zero-order valence-corrected chi connectivity index (χ0v) is 21.0. The molecular weight excluding hydrogens is 454 g/mol. The highest BCUT2D eigenvalue weighted by molar-refractivity contribution is 5.93. The Labute approximate surface area is 204 Å². The molecule has 0 heterocycles. The third-order valence-electron chi connectivity index (χ3n) is 7.60. The van der Waals surface area contributed by atoms with E-state index in [1.165, 1.54) is 0 Å². The Morgan fingerprint density at radius 1 is 1.06 bits per heavy atom. The number of carboxylic acid groups (broad SMARTS) is 2. The van der Waals surface area contributed by atoms with E-state index in [1.807, 2.05) is 19.1 Å². The number of hydrogen-bond donors (Lipinski definition) is 5. The number of anilines is 1. The number of nitrogens with one attached hydrogen (secondary N) is 3. The third-order valence-corrected chi connectivity index (χ3v) is 7.60. The fourth-order valence-electron chi connectivity index (χ4n) is 6.15. The van der Waals surface area contributed by atoms with Crippen molar-refractivity contribution in [2.45, 2.75) is 71.6 Å². The molecule has 0 bridgehead atoms. The van der Waals surface area contributed by atoms with Crippen LogP contribution in [0.25, 0.3) is 0 Å². The molecule has 2 saturated carbocycles. The lowest BCUT2D eigenvalue weighted by atomic mass is 9.62. The second kappa shape index (κ2) is 9.05. The van der Waals surface area contributed by atoms with E-state index in [4.69, 9.17) is 4.74 Å². The van der Waals surface area contributed by atoms with Crippen molar-refractivity contribution in [3.05, 3.63) is 29.8 Å². The van der Waals surface area contributed by atoms with Gasteiger partial charge in [-0.25, -0.2) is 14.4 Å². The maximum Gasteiger partial charge on any atom is 0.408 e. The number of para-hydroxylation sites is 1. The molecule has 0 spiro atoms. The Morgan fingerprint density at radius 2 is 1.66 bits per heavy atom. The molecule has 0 aromatic heterocycles. The number of aliphatic carboxylic acids is 2. The highest BCUT2D eigenvalue weighted by Crippen LogP contribution is 2.71. The predicted molar refractivity (Wildman–Crippen MR) is 128 cm³/mol. The molecule has 2 aliphatic carbocycles. The number of urea groups is 1. The maximum atomic E-state index is 13.0. The minimum Gasteiger partial charge on any atom is -0.481 e. The van der Waals surface area contributed by atoms with Crippen molar-refractivity contribution in [3.63, 3.8) is 0 Å². The van der Waals surface area contributed by atoms with E-state index in [1.54, 1.807) is 46.8 Å². The number of amides is 3. The zero-order valence-electron chi connectivity index (χ0n) is 21.0. The van der Waals surface area contributed by atoms with Gasteiger partial charge in [0.1, 0.15) is 5.60 Å². The number of carboxylic acids is 2. The SMILES string of the molecule is CCC1(CC)C(NC(=O)Nc2ccccc2C)C2C(C(=O)O)C2C1(NC(=O)OC(C)(C)C)C(=O)O. The molecular formula is C25H35N3O7. The molecule has 0 aliphatic heterocycles. The van der Waals surface area contributed by atoms with Crippen molar-refractivity contribution < 1.29 is 34.1 Å². The number of benzene rings is 1. The number of alkyl carbamates (subject to hydrolysis) is 1. The van der Waals surface area contributed by atoms with Crippen LogP contribution in [0.1, 0.15) is 53.0 Å². The molecule has 5 unspecified atom stereocenters. The van der Waals surface area contributed by atoms with Gasteiger partial charge in [0, 0.05) is 23.1 Å².